The van der Waals surface area contributed by atoms with Crippen molar-refractivity contribution in [3.8, 4) is 0 Å². The number of nitroso groups, excluding NO2 is 1. The molecule has 0 aromatic heterocycles. The molecular formula is C4H6N2O3. The van der Waals surface area contributed by atoms with E-state index in [1.807, 2.05) is 0 Å². The molecule has 0 aromatic carbocycles. The molecule has 0 amide bonds. The first kappa shape index (κ1) is 6.00. The van der Waals surface area contributed by atoms with Gasteiger partial charge in [0.2, 0.25) is 0 Å². The van der Waals surface area contributed by atoms with E-state index < -0.39 is 12.0 Å². The Morgan fingerprint density at radius 1 is 1.78 bits per heavy atom. The van der Waals surface area contributed by atoms with Crippen molar-refractivity contribution in [3.05, 3.63) is 4.91 Å². The predicted octanol–water partition coefficient (Wildman–Crippen LogP) is -0.173. The molecule has 9 heavy (non-hydrogen) atoms. The number of rotatable bonds is 2. The van der Waals surface area contributed by atoms with Crippen LogP contribution in [0.4, 0.5) is 0 Å². The van der Waals surface area contributed by atoms with Crippen LogP contribution in [0.2, 0.25) is 0 Å². The molecule has 0 spiro atoms. The summed E-state index contributed by atoms with van der Waals surface area (Å²) in [6.07, 6.45) is 0.529. The molecule has 0 aromatic rings. The van der Waals surface area contributed by atoms with Gasteiger partial charge in [0.1, 0.15) is 6.04 Å². The summed E-state index contributed by atoms with van der Waals surface area (Å²) < 4.78 is 0. The standard InChI is InChI=1S/C4H6N2O3/c7-4(8)3-1-2-6(3)5-9/h3H,1-2H2,(H,7,8)/t3-/m1/s1. The fraction of sp³-hybridized carbons (Fsp3) is 0.750. The van der Waals surface area contributed by atoms with Crippen molar-refractivity contribution in [2.24, 2.45) is 5.29 Å². The zero-order valence-electron chi connectivity index (χ0n) is 4.65. The van der Waals surface area contributed by atoms with Crippen LogP contribution in [0.3, 0.4) is 0 Å². The molecule has 1 saturated heterocycles. The van der Waals surface area contributed by atoms with Gasteiger partial charge in [-0.3, -0.25) is 0 Å². The second-order valence-electron chi connectivity index (χ2n) is 1.89. The summed E-state index contributed by atoms with van der Waals surface area (Å²) in [4.78, 5) is 19.8. The first-order valence-corrected chi connectivity index (χ1v) is 2.58. The molecule has 5 heteroatoms. The van der Waals surface area contributed by atoms with Gasteiger partial charge in [0.05, 0.1) is 5.29 Å². The number of carbonyl (C=O) groups is 1. The Morgan fingerprint density at radius 2 is 2.44 bits per heavy atom. The number of carboxylic acids is 1. The summed E-state index contributed by atoms with van der Waals surface area (Å²) in [6.45, 7) is 0.473. The SMILES string of the molecule is O=NN1CC[C@@H]1C(=O)O. The molecule has 1 fully saturated rings. The largest absolute Gasteiger partial charge is 0.480 e. The van der Waals surface area contributed by atoms with Crippen LogP contribution in [-0.4, -0.2) is 28.7 Å². The molecule has 0 aliphatic carbocycles. The van der Waals surface area contributed by atoms with Crippen LogP contribution in [0, 0.1) is 4.91 Å². The maximum absolute atomic E-state index is 10.1. The van der Waals surface area contributed by atoms with E-state index in [1.54, 1.807) is 0 Å². The van der Waals surface area contributed by atoms with Crippen LogP contribution >= 0.6 is 0 Å². The van der Waals surface area contributed by atoms with Crippen molar-refractivity contribution >= 4 is 5.97 Å². The fourth-order valence-corrected chi connectivity index (χ4v) is 0.722. The lowest BCUT2D eigenvalue weighted by molar-refractivity contribution is -0.148. The van der Waals surface area contributed by atoms with Crippen LogP contribution in [0.25, 0.3) is 0 Å². The van der Waals surface area contributed by atoms with Crippen LogP contribution in [0.15, 0.2) is 5.29 Å². The molecule has 1 heterocycles. The van der Waals surface area contributed by atoms with Crippen molar-refractivity contribution in [3.63, 3.8) is 0 Å². The third-order valence-electron chi connectivity index (χ3n) is 1.38. The van der Waals surface area contributed by atoms with Gasteiger partial charge in [0, 0.05) is 6.54 Å². The third kappa shape index (κ3) is 0.847. The number of hydrogen-bond donors (Lipinski definition) is 1. The predicted molar refractivity (Wildman–Crippen MR) is 28.5 cm³/mol. The first-order chi connectivity index (χ1) is 4.25. The molecule has 50 valence electrons. The normalized spacial score (nSPS) is 24.9. The second-order valence-corrected chi connectivity index (χ2v) is 1.89. The second kappa shape index (κ2) is 2.00. The molecule has 1 aliphatic heterocycles. The highest BCUT2D eigenvalue weighted by atomic mass is 16.4. The quantitative estimate of drug-likeness (QED) is 0.526. The lowest BCUT2D eigenvalue weighted by atomic mass is 10.1. The van der Waals surface area contributed by atoms with Crippen molar-refractivity contribution in [1.82, 2.24) is 5.01 Å². The Morgan fingerprint density at radius 3 is 2.56 bits per heavy atom. The van der Waals surface area contributed by atoms with Crippen LogP contribution in [0.1, 0.15) is 6.42 Å². The molecule has 0 radical (unpaired) electrons. The maximum atomic E-state index is 10.1. The summed E-state index contributed by atoms with van der Waals surface area (Å²) in [6, 6.07) is -0.664. The molecule has 1 aliphatic rings. The first-order valence-electron chi connectivity index (χ1n) is 2.58. The number of nitrogens with zero attached hydrogens (tertiary/aromatic N) is 2. The highest BCUT2D eigenvalue weighted by Crippen LogP contribution is 2.16. The van der Waals surface area contributed by atoms with Gasteiger partial charge < -0.3 is 5.11 Å². The van der Waals surface area contributed by atoms with Crippen LogP contribution < -0.4 is 0 Å². The number of carboxylic acid groups (broad SMARTS) is 1. The zero-order chi connectivity index (χ0) is 6.85. The summed E-state index contributed by atoms with van der Waals surface area (Å²) >= 11 is 0. The monoisotopic (exact) mass is 130 g/mol. The highest BCUT2D eigenvalue weighted by molar-refractivity contribution is 5.74. The lowest BCUT2D eigenvalue weighted by Crippen LogP contribution is -2.48. The Balaban J connectivity index is 2.44. The summed E-state index contributed by atoms with van der Waals surface area (Å²) in [5.74, 6) is -0.971. The van der Waals surface area contributed by atoms with Gasteiger partial charge in [-0.2, -0.15) is 0 Å². The van der Waals surface area contributed by atoms with E-state index in [1.165, 1.54) is 0 Å². The Labute approximate surface area is 51.2 Å². The van der Waals surface area contributed by atoms with E-state index >= 15 is 0 Å². The molecule has 5 nitrogen and oxygen atoms in total. The molecule has 0 bridgehead atoms. The van der Waals surface area contributed by atoms with E-state index in [9.17, 15) is 9.70 Å². The Hall–Kier alpha value is -1.13. The Kier molecular flexibility index (Phi) is 1.33. The van der Waals surface area contributed by atoms with Crippen LogP contribution in [0.5, 0.6) is 0 Å². The van der Waals surface area contributed by atoms with Gasteiger partial charge in [0.25, 0.3) is 0 Å². The van der Waals surface area contributed by atoms with Crippen molar-refractivity contribution in [1.29, 1.82) is 0 Å². The van der Waals surface area contributed by atoms with Gasteiger partial charge in [-0.05, 0) is 6.42 Å². The minimum Gasteiger partial charge on any atom is -0.480 e. The average Bonchev–Trinajstić information content (AvgIpc) is 1.61. The van der Waals surface area contributed by atoms with Gasteiger partial charge in [-0.1, -0.05) is 0 Å². The molecule has 0 unspecified atom stereocenters. The van der Waals surface area contributed by atoms with E-state index in [0.29, 0.717) is 13.0 Å². The number of hydrogen-bond acceptors (Lipinski definition) is 3. The lowest BCUT2D eigenvalue weighted by Gasteiger charge is -2.31. The Bertz CT molecular complexity index is 147. The minimum atomic E-state index is -0.971. The van der Waals surface area contributed by atoms with E-state index in [2.05, 4.69) is 5.29 Å². The van der Waals surface area contributed by atoms with Gasteiger partial charge in [0.15, 0.2) is 0 Å². The molecule has 0 saturated carbocycles. The average molecular weight is 130 g/mol. The van der Waals surface area contributed by atoms with E-state index in [4.69, 9.17) is 5.11 Å². The maximum Gasteiger partial charge on any atom is 0.328 e. The van der Waals surface area contributed by atoms with Gasteiger partial charge >= 0.3 is 5.97 Å². The van der Waals surface area contributed by atoms with Crippen molar-refractivity contribution < 1.29 is 9.90 Å². The summed E-state index contributed by atoms with van der Waals surface area (Å²) in [5.41, 5.74) is 0. The zero-order valence-corrected chi connectivity index (χ0v) is 4.65. The molecular weight excluding hydrogens is 124 g/mol. The molecule has 1 atom stereocenters. The van der Waals surface area contributed by atoms with Crippen molar-refractivity contribution in [2.75, 3.05) is 6.54 Å². The molecule has 1 N–H and O–H groups in total. The van der Waals surface area contributed by atoms with E-state index in [0.717, 1.165) is 5.01 Å². The van der Waals surface area contributed by atoms with Crippen molar-refractivity contribution in [2.45, 2.75) is 12.5 Å². The summed E-state index contributed by atoms with van der Waals surface area (Å²) in [7, 11) is 0. The highest BCUT2D eigenvalue weighted by Gasteiger charge is 2.34. The smallest absolute Gasteiger partial charge is 0.328 e. The van der Waals surface area contributed by atoms with Crippen LogP contribution in [-0.2, 0) is 4.79 Å². The van der Waals surface area contributed by atoms with Gasteiger partial charge in [-0.15, -0.1) is 4.91 Å². The third-order valence-corrected chi connectivity index (χ3v) is 1.38. The minimum absolute atomic E-state index is 0.473. The van der Waals surface area contributed by atoms with E-state index in [-0.39, 0.29) is 0 Å². The topological polar surface area (TPSA) is 70.0 Å². The number of aliphatic carboxylic acids is 1. The summed E-state index contributed by atoms with van der Waals surface area (Å²) in [5, 5.41) is 11.8. The fourth-order valence-electron chi connectivity index (χ4n) is 0.722. The molecule has 1 rings (SSSR count). The van der Waals surface area contributed by atoms with Gasteiger partial charge in [-0.25, -0.2) is 9.80 Å².